The number of H-pyrrole nitrogens is 1. The largest absolute Gasteiger partial charge is 0.459 e. The van der Waals surface area contributed by atoms with Crippen molar-refractivity contribution in [3.63, 3.8) is 0 Å². The average Bonchev–Trinajstić information content (AvgIpc) is 3.07. The molecule has 1 amide bonds. The van der Waals surface area contributed by atoms with Crippen LogP contribution in [0.15, 0.2) is 63.9 Å². The number of hydrogen-bond acceptors (Lipinski definition) is 4. The van der Waals surface area contributed by atoms with Crippen LogP contribution in [-0.2, 0) is 4.79 Å². The summed E-state index contributed by atoms with van der Waals surface area (Å²) in [7, 11) is 1.76. The summed E-state index contributed by atoms with van der Waals surface area (Å²) in [6.07, 6.45) is 4.85. The Bertz CT molecular complexity index is 1300. The van der Waals surface area contributed by atoms with Gasteiger partial charge in [0.25, 0.3) is 0 Å². The highest BCUT2D eigenvalue weighted by atomic mass is 16.3. The molecule has 1 N–H and O–H groups in total. The Morgan fingerprint density at radius 2 is 2.03 bits per heavy atom. The zero-order valence-electron chi connectivity index (χ0n) is 16.5. The molecular formula is C23H21N3O3. The summed E-state index contributed by atoms with van der Waals surface area (Å²) in [6.45, 7) is 3.96. The van der Waals surface area contributed by atoms with Gasteiger partial charge in [-0.2, -0.15) is 0 Å². The van der Waals surface area contributed by atoms with Gasteiger partial charge in [-0.25, -0.2) is 4.98 Å². The van der Waals surface area contributed by atoms with Gasteiger partial charge in [-0.15, -0.1) is 0 Å². The fourth-order valence-corrected chi connectivity index (χ4v) is 3.39. The normalized spacial score (nSPS) is 12.7. The molecule has 4 rings (SSSR count). The SMILES string of the molecule is Cc1c([C@@H](C)N(C)C(=O)C=Cc2cnc3[nH]c(=O)ccc3c2)oc2ccccc12. The molecule has 0 aliphatic carbocycles. The van der Waals surface area contributed by atoms with Gasteiger partial charge in [0.05, 0.1) is 6.04 Å². The molecule has 0 spiro atoms. The number of nitrogens with zero attached hydrogens (tertiary/aromatic N) is 2. The quantitative estimate of drug-likeness (QED) is 0.532. The Morgan fingerprint density at radius 1 is 1.24 bits per heavy atom. The summed E-state index contributed by atoms with van der Waals surface area (Å²) in [4.78, 5) is 32.6. The standard InChI is InChI=1S/C23H21N3O3/c1-14-18-6-4-5-7-19(18)29-22(14)15(2)26(3)21(28)11-8-16-12-17-9-10-20(27)25-23(17)24-13-16/h4-13,15H,1-3H3,(H,24,25,27)/t15-/m1/s1. The summed E-state index contributed by atoms with van der Waals surface area (Å²) < 4.78 is 6.00. The third kappa shape index (κ3) is 3.57. The molecule has 1 aromatic carbocycles. The smallest absolute Gasteiger partial charge is 0.249 e. The molecule has 6 heteroatoms. The van der Waals surface area contributed by atoms with E-state index in [1.807, 2.05) is 44.2 Å². The molecular weight excluding hydrogens is 366 g/mol. The zero-order valence-corrected chi connectivity index (χ0v) is 16.5. The van der Waals surface area contributed by atoms with Crippen molar-refractivity contribution in [2.45, 2.75) is 19.9 Å². The van der Waals surface area contributed by atoms with E-state index in [0.29, 0.717) is 5.65 Å². The summed E-state index contributed by atoms with van der Waals surface area (Å²) >= 11 is 0. The van der Waals surface area contributed by atoms with Crippen LogP contribution in [0.25, 0.3) is 28.1 Å². The van der Waals surface area contributed by atoms with E-state index < -0.39 is 0 Å². The van der Waals surface area contributed by atoms with Crippen LogP contribution in [-0.4, -0.2) is 27.8 Å². The average molecular weight is 387 g/mol. The van der Waals surface area contributed by atoms with Crippen molar-refractivity contribution in [3.8, 4) is 0 Å². The highest BCUT2D eigenvalue weighted by Crippen LogP contribution is 2.31. The number of likely N-dealkylation sites (N-methyl/N-ethyl adjacent to an activating group) is 1. The van der Waals surface area contributed by atoms with E-state index in [0.717, 1.165) is 33.2 Å². The van der Waals surface area contributed by atoms with E-state index in [2.05, 4.69) is 9.97 Å². The maximum atomic E-state index is 12.7. The van der Waals surface area contributed by atoms with Crippen LogP contribution in [0, 0.1) is 6.92 Å². The molecule has 6 nitrogen and oxygen atoms in total. The molecule has 3 heterocycles. The van der Waals surface area contributed by atoms with E-state index in [1.54, 1.807) is 30.3 Å². The Hall–Kier alpha value is -3.67. The van der Waals surface area contributed by atoms with E-state index in [1.165, 1.54) is 12.1 Å². The van der Waals surface area contributed by atoms with Crippen LogP contribution < -0.4 is 5.56 Å². The highest BCUT2D eigenvalue weighted by Gasteiger charge is 2.22. The number of fused-ring (bicyclic) bond motifs is 2. The minimum atomic E-state index is -0.209. The van der Waals surface area contributed by atoms with Crippen molar-refractivity contribution in [2.24, 2.45) is 0 Å². The lowest BCUT2D eigenvalue weighted by Crippen LogP contribution is -2.28. The van der Waals surface area contributed by atoms with Gasteiger partial charge in [0, 0.05) is 41.7 Å². The fraction of sp³-hybridized carbons (Fsp3) is 0.174. The Labute approximate surface area is 167 Å². The number of aromatic amines is 1. The lowest BCUT2D eigenvalue weighted by Gasteiger charge is -2.22. The lowest BCUT2D eigenvalue weighted by atomic mass is 10.1. The Morgan fingerprint density at radius 3 is 2.83 bits per heavy atom. The van der Waals surface area contributed by atoms with E-state index >= 15 is 0 Å². The first-order valence-corrected chi connectivity index (χ1v) is 9.36. The van der Waals surface area contributed by atoms with Crippen molar-refractivity contribution in [3.05, 3.63) is 82.0 Å². The second-order valence-corrected chi connectivity index (χ2v) is 7.07. The summed E-state index contributed by atoms with van der Waals surface area (Å²) in [6, 6.07) is 12.7. The van der Waals surface area contributed by atoms with Crippen molar-refractivity contribution < 1.29 is 9.21 Å². The van der Waals surface area contributed by atoms with Gasteiger partial charge in [-0.3, -0.25) is 9.59 Å². The minimum absolute atomic E-state index is 0.140. The van der Waals surface area contributed by atoms with E-state index in [-0.39, 0.29) is 17.5 Å². The monoisotopic (exact) mass is 387 g/mol. The van der Waals surface area contributed by atoms with Crippen molar-refractivity contribution in [1.29, 1.82) is 0 Å². The summed E-state index contributed by atoms with van der Waals surface area (Å²) in [5.74, 6) is 0.644. The first kappa shape index (κ1) is 18.7. The number of aromatic nitrogens is 2. The number of aryl methyl sites for hydroxylation is 1. The maximum absolute atomic E-state index is 12.7. The molecule has 0 saturated heterocycles. The van der Waals surface area contributed by atoms with E-state index in [4.69, 9.17) is 4.42 Å². The number of benzene rings is 1. The first-order chi connectivity index (χ1) is 13.9. The molecule has 0 fully saturated rings. The topological polar surface area (TPSA) is 79.2 Å². The molecule has 0 saturated carbocycles. The zero-order chi connectivity index (χ0) is 20.5. The minimum Gasteiger partial charge on any atom is -0.459 e. The maximum Gasteiger partial charge on any atom is 0.249 e. The number of furan rings is 1. The molecule has 0 aliphatic rings. The van der Waals surface area contributed by atoms with Gasteiger partial charge in [0.15, 0.2) is 0 Å². The molecule has 1 atom stereocenters. The fourth-order valence-electron chi connectivity index (χ4n) is 3.39. The number of para-hydroxylation sites is 1. The second kappa shape index (κ2) is 7.39. The van der Waals surface area contributed by atoms with Gasteiger partial charge in [-0.1, -0.05) is 18.2 Å². The molecule has 4 aromatic rings. The molecule has 29 heavy (non-hydrogen) atoms. The summed E-state index contributed by atoms with van der Waals surface area (Å²) in [5, 5.41) is 1.87. The molecule has 0 aliphatic heterocycles. The number of rotatable bonds is 4. The van der Waals surface area contributed by atoms with Crippen molar-refractivity contribution in [2.75, 3.05) is 7.05 Å². The second-order valence-electron chi connectivity index (χ2n) is 7.07. The first-order valence-electron chi connectivity index (χ1n) is 9.36. The van der Waals surface area contributed by atoms with Crippen molar-refractivity contribution >= 4 is 34.0 Å². The van der Waals surface area contributed by atoms with Gasteiger partial charge in [0.1, 0.15) is 17.0 Å². The molecule has 146 valence electrons. The van der Waals surface area contributed by atoms with Crippen LogP contribution in [0.5, 0.6) is 0 Å². The molecule has 3 aromatic heterocycles. The van der Waals surface area contributed by atoms with Crippen LogP contribution in [0.4, 0.5) is 0 Å². The molecule has 0 unspecified atom stereocenters. The highest BCUT2D eigenvalue weighted by molar-refractivity contribution is 5.92. The van der Waals surface area contributed by atoms with E-state index in [9.17, 15) is 9.59 Å². The van der Waals surface area contributed by atoms with Gasteiger partial charge >= 0.3 is 0 Å². The number of carbonyl (C=O) groups excluding carboxylic acids is 1. The summed E-state index contributed by atoms with van der Waals surface area (Å²) in [5.41, 5.74) is 2.97. The van der Waals surface area contributed by atoms with Gasteiger partial charge in [-0.05, 0) is 43.7 Å². The number of carbonyl (C=O) groups is 1. The van der Waals surface area contributed by atoms with Crippen LogP contribution in [0.2, 0.25) is 0 Å². The van der Waals surface area contributed by atoms with Crippen LogP contribution in [0.1, 0.15) is 29.9 Å². The van der Waals surface area contributed by atoms with Crippen LogP contribution >= 0.6 is 0 Å². The number of nitrogens with one attached hydrogen (secondary N) is 1. The predicted molar refractivity (Wildman–Crippen MR) is 114 cm³/mol. The number of pyridine rings is 2. The van der Waals surface area contributed by atoms with Crippen LogP contribution in [0.3, 0.4) is 0 Å². The number of hydrogen-bond donors (Lipinski definition) is 1. The predicted octanol–water partition coefficient (Wildman–Crippen LogP) is 4.21. The number of amides is 1. The third-order valence-corrected chi connectivity index (χ3v) is 5.20. The molecule has 0 radical (unpaired) electrons. The Balaban J connectivity index is 1.54. The molecule has 0 bridgehead atoms. The van der Waals surface area contributed by atoms with Gasteiger partial charge < -0.3 is 14.3 Å². The van der Waals surface area contributed by atoms with Gasteiger partial charge in [0.2, 0.25) is 11.5 Å². The van der Waals surface area contributed by atoms with Crippen molar-refractivity contribution in [1.82, 2.24) is 14.9 Å². The Kier molecular flexibility index (Phi) is 4.76. The lowest BCUT2D eigenvalue weighted by molar-refractivity contribution is -0.126. The third-order valence-electron chi connectivity index (χ3n) is 5.20.